The predicted molar refractivity (Wildman–Crippen MR) is 86.5 cm³/mol. The van der Waals surface area contributed by atoms with Crippen molar-refractivity contribution < 1.29 is 9.32 Å². The molecule has 0 spiro atoms. The molecule has 7 nitrogen and oxygen atoms in total. The maximum atomic E-state index is 12.6. The molecule has 1 aliphatic rings. The Kier molecular flexibility index (Phi) is 3.76. The van der Waals surface area contributed by atoms with Crippen molar-refractivity contribution in [1.29, 1.82) is 0 Å². The molecule has 1 atom stereocenters. The van der Waals surface area contributed by atoms with E-state index in [9.17, 15) is 4.79 Å². The zero-order valence-corrected chi connectivity index (χ0v) is 13.6. The first-order valence-corrected chi connectivity index (χ1v) is 8.20. The third-order valence-corrected chi connectivity index (χ3v) is 4.48. The number of amides is 1. The van der Waals surface area contributed by atoms with E-state index in [1.165, 1.54) is 0 Å². The van der Waals surface area contributed by atoms with Gasteiger partial charge in [-0.3, -0.25) is 9.20 Å². The van der Waals surface area contributed by atoms with Gasteiger partial charge in [0.25, 0.3) is 0 Å². The standard InChI is InChI=1S/C17H19N5O2/c1-12-9-14(24-20-12)10-16(23)21-7-4-5-13(11-21)17-19-18-15-6-2-3-8-22(15)17/h2-3,6,8-9,13H,4-5,7,10-11H2,1H3/t13-/m0/s1. The summed E-state index contributed by atoms with van der Waals surface area (Å²) < 4.78 is 7.17. The molecule has 7 heteroatoms. The lowest BCUT2D eigenvalue weighted by molar-refractivity contribution is -0.132. The third kappa shape index (κ3) is 2.77. The molecule has 0 radical (unpaired) electrons. The summed E-state index contributed by atoms with van der Waals surface area (Å²) in [4.78, 5) is 14.4. The highest BCUT2D eigenvalue weighted by Crippen LogP contribution is 2.26. The number of fused-ring (bicyclic) bond motifs is 1. The van der Waals surface area contributed by atoms with Crippen molar-refractivity contribution in [3.8, 4) is 0 Å². The largest absolute Gasteiger partial charge is 0.361 e. The highest BCUT2D eigenvalue weighted by atomic mass is 16.5. The molecule has 24 heavy (non-hydrogen) atoms. The van der Waals surface area contributed by atoms with E-state index in [1.807, 2.05) is 46.7 Å². The van der Waals surface area contributed by atoms with Crippen LogP contribution in [0.1, 0.15) is 36.0 Å². The molecule has 124 valence electrons. The van der Waals surface area contributed by atoms with Crippen LogP contribution in [-0.2, 0) is 11.2 Å². The summed E-state index contributed by atoms with van der Waals surface area (Å²) in [5.41, 5.74) is 1.64. The van der Waals surface area contributed by atoms with Crippen molar-refractivity contribution in [2.24, 2.45) is 0 Å². The lowest BCUT2D eigenvalue weighted by Gasteiger charge is -2.31. The molecule has 1 saturated heterocycles. The molecule has 0 aromatic carbocycles. The van der Waals surface area contributed by atoms with Gasteiger partial charge in [0, 0.05) is 31.3 Å². The number of piperidine rings is 1. The van der Waals surface area contributed by atoms with Crippen LogP contribution in [0.2, 0.25) is 0 Å². The van der Waals surface area contributed by atoms with Gasteiger partial charge in [-0.15, -0.1) is 10.2 Å². The van der Waals surface area contributed by atoms with Gasteiger partial charge in [0.1, 0.15) is 11.6 Å². The van der Waals surface area contributed by atoms with Crippen LogP contribution in [0.4, 0.5) is 0 Å². The van der Waals surface area contributed by atoms with Crippen molar-refractivity contribution in [3.05, 3.63) is 47.7 Å². The maximum absolute atomic E-state index is 12.6. The molecule has 0 N–H and O–H groups in total. The Morgan fingerprint density at radius 3 is 3.12 bits per heavy atom. The minimum Gasteiger partial charge on any atom is -0.361 e. The molecule has 1 aliphatic heterocycles. The van der Waals surface area contributed by atoms with Gasteiger partial charge >= 0.3 is 0 Å². The van der Waals surface area contributed by atoms with Crippen molar-refractivity contribution in [2.45, 2.75) is 32.1 Å². The van der Waals surface area contributed by atoms with Crippen molar-refractivity contribution in [2.75, 3.05) is 13.1 Å². The Morgan fingerprint density at radius 2 is 2.29 bits per heavy atom. The Balaban J connectivity index is 1.50. The van der Waals surface area contributed by atoms with Crippen molar-refractivity contribution >= 4 is 11.6 Å². The topological polar surface area (TPSA) is 76.5 Å². The second-order valence-electron chi connectivity index (χ2n) is 6.28. The number of nitrogens with zero attached hydrogens (tertiary/aromatic N) is 5. The van der Waals surface area contributed by atoms with Gasteiger partial charge in [-0.2, -0.15) is 0 Å². The number of carbonyl (C=O) groups is 1. The molecule has 1 amide bonds. The van der Waals surface area contributed by atoms with E-state index in [4.69, 9.17) is 4.52 Å². The Bertz CT molecular complexity index is 869. The predicted octanol–water partition coefficient (Wildman–Crippen LogP) is 1.97. The summed E-state index contributed by atoms with van der Waals surface area (Å²) >= 11 is 0. The Labute approximate surface area is 139 Å². The van der Waals surface area contributed by atoms with Gasteiger partial charge in [0.05, 0.1) is 12.1 Å². The fourth-order valence-electron chi connectivity index (χ4n) is 3.31. The summed E-state index contributed by atoms with van der Waals surface area (Å²) in [6.45, 7) is 3.30. The number of carbonyl (C=O) groups excluding carboxylic acids is 1. The number of aromatic nitrogens is 4. The van der Waals surface area contributed by atoms with E-state index in [0.29, 0.717) is 12.3 Å². The highest BCUT2D eigenvalue weighted by molar-refractivity contribution is 5.78. The number of rotatable bonds is 3. The Morgan fingerprint density at radius 1 is 1.38 bits per heavy atom. The monoisotopic (exact) mass is 325 g/mol. The molecular formula is C17H19N5O2. The fraction of sp³-hybridized carbons (Fsp3) is 0.412. The van der Waals surface area contributed by atoms with Crippen molar-refractivity contribution in [3.63, 3.8) is 0 Å². The van der Waals surface area contributed by atoms with E-state index in [0.717, 1.165) is 36.6 Å². The molecule has 3 aromatic rings. The van der Waals surface area contributed by atoms with Crippen molar-refractivity contribution in [1.82, 2.24) is 24.7 Å². The van der Waals surface area contributed by atoms with Crippen LogP contribution in [0, 0.1) is 6.92 Å². The lowest BCUT2D eigenvalue weighted by Crippen LogP contribution is -2.40. The van der Waals surface area contributed by atoms with Gasteiger partial charge in [-0.1, -0.05) is 11.2 Å². The maximum Gasteiger partial charge on any atom is 0.230 e. The van der Waals surface area contributed by atoms with E-state index >= 15 is 0 Å². The molecular weight excluding hydrogens is 306 g/mol. The summed E-state index contributed by atoms with van der Waals surface area (Å²) in [5, 5.41) is 12.4. The fourth-order valence-corrected chi connectivity index (χ4v) is 3.31. The quantitative estimate of drug-likeness (QED) is 0.736. The summed E-state index contributed by atoms with van der Waals surface area (Å²) in [6, 6.07) is 7.67. The average Bonchev–Trinajstić information content (AvgIpc) is 3.21. The zero-order valence-electron chi connectivity index (χ0n) is 13.6. The van der Waals surface area contributed by atoms with Crippen LogP contribution in [-0.4, -0.2) is 43.7 Å². The molecule has 0 aliphatic carbocycles. The first-order chi connectivity index (χ1) is 11.7. The van der Waals surface area contributed by atoms with Gasteiger partial charge in [-0.05, 0) is 31.9 Å². The second kappa shape index (κ2) is 6.07. The molecule has 0 bridgehead atoms. The molecule has 4 rings (SSSR count). The van der Waals surface area contributed by atoms with E-state index in [-0.39, 0.29) is 18.2 Å². The summed E-state index contributed by atoms with van der Waals surface area (Å²) in [5.74, 6) is 1.83. The van der Waals surface area contributed by atoms with E-state index in [2.05, 4.69) is 15.4 Å². The smallest absolute Gasteiger partial charge is 0.230 e. The number of aryl methyl sites for hydroxylation is 1. The van der Waals surface area contributed by atoms with Gasteiger partial charge < -0.3 is 9.42 Å². The number of hydrogen-bond acceptors (Lipinski definition) is 5. The summed E-state index contributed by atoms with van der Waals surface area (Å²) in [7, 11) is 0. The average molecular weight is 325 g/mol. The van der Waals surface area contributed by atoms with Crippen LogP contribution >= 0.6 is 0 Å². The highest BCUT2D eigenvalue weighted by Gasteiger charge is 2.28. The van der Waals surface area contributed by atoms with Crippen LogP contribution in [0.3, 0.4) is 0 Å². The minimum atomic E-state index is 0.0738. The normalized spacial score (nSPS) is 18.2. The van der Waals surface area contributed by atoms with Gasteiger partial charge in [-0.25, -0.2) is 0 Å². The van der Waals surface area contributed by atoms with E-state index < -0.39 is 0 Å². The second-order valence-corrected chi connectivity index (χ2v) is 6.28. The van der Waals surface area contributed by atoms with Crippen LogP contribution in [0.25, 0.3) is 5.65 Å². The van der Waals surface area contributed by atoms with Gasteiger partial charge in [0.15, 0.2) is 5.65 Å². The zero-order chi connectivity index (χ0) is 16.5. The minimum absolute atomic E-state index is 0.0738. The van der Waals surface area contributed by atoms with E-state index in [1.54, 1.807) is 0 Å². The molecule has 4 heterocycles. The first kappa shape index (κ1) is 14.9. The van der Waals surface area contributed by atoms with Crippen LogP contribution < -0.4 is 0 Å². The number of hydrogen-bond donors (Lipinski definition) is 0. The number of likely N-dealkylation sites (tertiary alicyclic amines) is 1. The van der Waals surface area contributed by atoms with Crippen LogP contribution in [0.5, 0.6) is 0 Å². The molecule has 0 saturated carbocycles. The molecule has 1 fully saturated rings. The molecule has 3 aromatic heterocycles. The first-order valence-electron chi connectivity index (χ1n) is 8.20. The van der Waals surface area contributed by atoms with Crippen LogP contribution in [0.15, 0.2) is 35.0 Å². The third-order valence-electron chi connectivity index (χ3n) is 4.48. The lowest BCUT2D eigenvalue weighted by atomic mass is 9.97. The Hall–Kier alpha value is -2.70. The summed E-state index contributed by atoms with van der Waals surface area (Å²) in [6.07, 6.45) is 4.21. The SMILES string of the molecule is Cc1cc(CC(=O)N2CCC[C@H](c3nnc4ccccn34)C2)on1. The number of pyridine rings is 1. The molecule has 0 unspecified atom stereocenters. The van der Waals surface area contributed by atoms with Gasteiger partial charge in [0.2, 0.25) is 5.91 Å².